The number of benzene rings is 3. The van der Waals surface area contributed by atoms with Crippen molar-refractivity contribution in [3.63, 3.8) is 0 Å². The highest BCUT2D eigenvalue weighted by molar-refractivity contribution is 6.12. The number of hydrogen-bond acceptors (Lipinski definition) is 6. The zero-order valence-corrected chi connectivity index (χ0v) is 20.5. The minimum Gasteiger partial charge on any atom is -0.497 e. The van der Waals surface area contributed by atoms with E-state index < -0.39 is 23.9 Å². The number of likely N-dealkylation sites (tertiary alicyclic amines) is 1. The van der Waals surface area contributed by atoms with Crippen LogP contribution in [-0.4, -0.2) is 47.7 Å². The molecule has 0 saturated carbocycles. The van der Waals surface area contributed by atoms with Crippen molar-refractivity contribution in [2.75, 3.05) is 14.2 Å². The second-order valence-electron chi connectivity index (χ2n) is 9.51. The first-order valence-electron chi connectivity index (χ1n) is 12.2. The molecule has 7 heteroatoms. The van der Waals surface area contributed by atoms with E-state index in [4.69, 9.17) is 9.47 Å². The Kier molecular flexibility index (Phi) is 5.56. The molecule has 3 aromatic rings. The molecule has 2 amide bonds. The van der Waals surface area contributed by atoms with Gasteiger partial charge in [-0.25, -0.2) is 0 Å². The van der Waals surface area contributed by atoms with Crippen LogP contribution in [0.25, 0.3) is 6.08 Å². The number of carbonyl (C=O) groups is 3. The summed E-state index contributed by atoms with van der Waals surface area (Å²) >= 11 is 0. The Morgan fingerprint density at radius 2 is 1.59 bits per heavy atom. The van der Waals surface area contributed by atoms with Gasteiger partial charge in [-0.1, -0.05) is 54.6 Å². The summed E-state index contributed by atoms with van der Waals surface area (Å²) in [5.74, 6) is -1.43. The van der Waals surface area contributed by atoms with E-state index in [-0.39, 0.29) is 24.1 Å². The van der Waals surface area contributed by atoms with Gasteiger partial charge in [-0.2, -0.15) is 0 Å². The average molecular weight is 495 g/mol. The molecule has 0 bridgehead atoms. The zero-order valence-electron chi connectivity index (χ0n) is 20.5. The number of ether oxygens (including phenoxy) is 2. The zero-order chi connectivity index (χ0) is 25.7. The van der Waals surface area contributed by atoms with Gasteiger partial charge in [0.15, 0.2) is 5.78 Å². The molecule has 0 radical (unpaired) electrons. The Morgan fingerprint density at radius 3 is 2.35 bits per heavy atom. The van der Waals surface area contributed by atoms with Gasteiger partial charge >= 0.3 is 0 Å². The van der Waals surface area contributed by atoms with E-state index in [9.17, 15) is 14.4 Å². The normalized spacial score (nSPS) is 23.5. The molecule has 0 aliphatic carbocycles. The molecule has 0 spiro atoms. The highest BCUT2D eigenvalue weighted by atomic mass is 16.5. The maximum atomic E-state index is 14.2. The van der Waals surface area contributed by atoms with Gasteiger partial charge in [0.1, 0.15) is 17.5 Å². The quantitative estimate of drug-likeness (QED) is 0.380. The van der Waals surface area contributed by atoms with E-state index in [1.807, 2.05) is 71.8 Å². The minimum absolute atomic E-state index is 0.180. The van der Waals surface area contributed by atoms with Crippen LogP contribution in [0, 0.1) is 11.8 Å². The largest absolute Gasteiger partial charge is 0.497 e. The van der Waals surface area contributed by atoms with Gasteiger partial charge in [-0.3, -0.25) is 19.3 Å². The highest BCUT2D eigenvalue weighted by Gasteiger charge is 2.64. The summed E-state index contributed by atoms with van der Waals surface area (Å²) in [5.41, 5.74) is 3.11. The standard InChI is InChI=1S/C30H26N2O5/c1-36-20-12-13-23(37-2)22(16-20)28(33)27-25-24(26-21-11-7-6-10-19(21)14-15-31(26)27)29(34)32(30(25)35)17-18-8-4-3-5-9-18/h3-16,24-27H,17H2,1-2H3. The third-order valence-electron chi connectivity index (χ3n) is 7.68. The summed E-state index contributed by atoms with van der Waals surface area (Å²) in [7, 11) is 3.03. The summed E-state index contributed by atoms with van der Waals surface area (Å²) in [5, 5.41) is 0. The van der Waals surface area contributed by atoms with Crippen LogP contribution in [-0.2, 0) is 16.1 Å². The smallest absolute Gasteiger partial charge is 0.236 e. The van der Waals surface area contributed by atoms with Crippen LogP contribution in [0.1, 0.15) is 33.1 Å². The van der Waals surface area contributed by atoms with Crippen molar-refractivity contribution >= 4 is 23.7 Å². The molecule has 7 nitrogen and oxygen atoms in total. The van der Waals surface area contributed by atoms with Gasteiger partial charge in [-0.05, 0) is 41.0 Å². The highest BCUT2D eigenvalue weighted by Crippen LogP contribution is 2.53. The first-order chi connectivity index (χ1) is 18.0. The third-order valence-corrected chi connectivity index (χ3v) is 7.68. The molecular weight excluding hydrogens is 468 g/mol. The lowest BCUT2D eigenvalue weighted by Gasteiger charge is -2.35. The summed E-state index contributed by atoms with van der Waals surface area (Å²) in [6, 6.07) is 21.0. The van der Waals surface area contributed by atoms with Crippen molar-refractivity contribution in [1.29, 1.82) is 0 Å². The lowest BCUT2D eigenvalue weighted by molar-refractivity contribution is -0.142. The maximum absolute atomic E-state index is 14.2. The van der Waals surface area contributed by atoms with Crippen molar-refractivity contribution in [2.45, 2.75) is 18.6 Å². The summed E-state index contributed by atoms with van der Waals surface area (Å²) < 4.78 is 10.9. The molecule has 4 atom stereocenters. The van der Waals surface area contributed by atoms with Crippen LogP contribution in [0.3, 0.4) is 0 Å². The molecule has 4 unspecified atom stereocenters. The SMILES string of the molecule is COc1ccc(OC)c(C(=O)C2C3C(=O)N(Cc4ccccc4)C(=O)C3C3c4ccccc4C=CN23)c1. The second-order valence-corrected chi connectivity index (χ2v) is 9.51. The predicted octanol–water partition coefficient (Wildman–Crippen LogP) is 4.10. The third kappa shape index (κ3) is 3.53. The van der Waals surface area contributed by atoms with Gasteiger partial charge in [0.05, 0.1) is 44.2 Å². The van der Waals surface area contributed by atoms with Crippen LogP contribution in [0.15, 0.2) is 79.0 Å². The number of nitrogens with zero attached hydrogens (tertiary/aromatic N) is 2. The summed E-state index contributed by atoms with van der Waals surface area (Å²) in [6.07, 6.45) is 3.79. The molecule has 3 heterocycles. The fraction of sp³-hybridized carbons (Fsp3) is 0.233. The van der Waals surface area contributed by atoms with Crippen LogP contribution in [0.5, 0.6) is 11.5 Å². The molecule has 186 valence electrons. The van der Waals surface area contributed by atoms with E-state index in [2.05, 4.69) is 0 Å². The van der Waals surface area contributed by atoms with Gasteiger partial charge in [0.2, 0.25) is 11.8 Å². The van der Waals surface area contributed by atoms with E-state index in [1.54, 1.807) is 18.2 Å². The molecule has 3 aliphatic rings. The van der Waals surface area contributed by atoms with Crippen molar-refractivity contribution in [3.05, 3.63) is 101 Å². The minimum atomic E-state index is -0.863. The van der Waals surface area contributed by atoms with E-state index in [0.29, 0.717) is 17.1 Å². The Balaban J connectivity index is 1.47. The Morgan fingerprint density at radius 1 is 0.865 bits per heavy atom. The molecule has 3 aromatic carbocycles. The monoisotopic (exact) mass is 494 g/mol. The Bertz CT molecular complexity index is 1430. The van der Waals surface area contributed by atoms with Crippen LogP contribution >= 0.6 is 0 Å². The average Bonchev–Trinajstić information content (AvgIpc) is 3.41. The molecule has 37 heavy (non-hydrogen) atoms. The Hall–Kier alpha value is -4.39. The number of rotatable bonds is 6. The second kappa shape index (κ2) is 8.92. The van der Waals surface area contributed by atoms with Gasteiger partial charge in [0, 0.05) is 6.20 Å². The van der Waals surface area contributed by atoms with Gasteiger partial charge in [-0.15, -0.1) is 0 Å². The topological polar surface area (TPSA) is 76.1 Å². The molecule has 3 aliphatic heterocycles. The van der Waals surface area contributed by atoms with Gasteiger partial charge in [0.25, 0.3) is 0 Å². The number of hydrogen-bond donors (Lipinski definition) is 0. The predicted molar refractivity (Wildman–Crippen MR) is 137 cm³/mol. The number of carbonyl (C=O) groups excluding carboxylic acids is 3. The first kappa shape index (κ1) is 23.0. The van der Waals surface area contributed by atoms with Crippen LogP contribution < -0.4 is 9.47 Å². The molecule has 6 rings (SSSR count). The number of amides is 2. The van der Waals surface area contributed by atoms with Crippen molar-refractivity contribution in [2.24, 2.45) is 11.8 Å². The lowest BCUT2D eigenvalue weighted by Crippen LogP contribution is -2.44. The molecule has 0 aromatic heterocycles. The van der Waals surface area contributed by atoms with Crippen molar-refractivity contribution < 1.29 is 23.9 Å². The molecule has 2 saturated heterocycles. The number of fused-ring (bicyclic) bond motifs is 5. The van der Waals surface area contributed by atoms with Crippen molar-refractivity contribution in [1.82, 2.24) is 9.80 Å². The van der Waals surface area contributed by atoms with Gasteiger partial charge < -0.3 is 14.4 Å². The number of Topliss-reactive ketones (excluding diaryl/α,β-unsaturated/α-hetero) is 1. The summed E-state index contributed by atoms with van der Waals surface area (Å²) in [4.78, 5) is 45.3. The lowest BCUT2D eigenvalue weighted by atomic mass is 9.83. The number of imide groups is 1. The fourth-order valence-corrected chi connectivity index (χ4v) is 6.01. The van der Waals surface area contributed by atoms with E-state index in [1.165, 1.54) is 19.1 Å². The number of ketones is 1. The molecular formula is C30H26N2O5. The maximum Gasteiger partial charge on any atom is 0.236 e. The van der Waals surface area contributed by atoms with Crippen LogP contribution in [0.4, 0.5) is 0 Å². The van der Waals surface area contributed by atoms with Crippen molar-refractivity contribution in [3.8, 4) is 11.5 Å². The fourth-order valence-electron chi connectivity index (χ4n) is 6.01. The summed E-state index contributed by atoms with van der Waals surface area (Å²) in [6.45, 7) is 0.180. The Labute approximate surface area is 214 Å². The van der Waals surface area contributed by atoms with E-state index in [0.717, 1.165) is 16.7 Å². The molecule has 2 fully saturated rings. The van der Waals surface area contributed by atoms with E-state index >= 15 is 0 Å². The number of methoxy groups -OCH3 is 2. The first-order valence-corrected chi connectivity index (χ1v) is 12.2. The van der Waals surface area contributed by atoms with Crippen LogP contribution in [0.2, 0.25) is 0 Å². The molecule has 0 N–H and O–H groups in total.